The second kappa shape index (κ2) is 13.8. The van der Waals surface area contributed by atoms with Crippen LogP contribution in [-0.2, 0) is 5.41 Å². The SMILES string of the molecule is C1=C\C=C\C2(c3ccccc3O/C=C/1)c1cc(-c3nc(-c4ccccc4)cc(-c4cccc5ccccc45)n3)ccc1-c1ccc(-c3cccc4cccnc34)cc12. The van der Waals surface area contributed by atoms with Gasteiger partial charge in [0, 0.05) is 39.4 Å². The lowest BCUT2D eigenvalue weighted by molar-refractivity contribution is 0.469. The standard InChI is InChI=1S/C54H35N3O/c1-2-11-32-58-51-25-9-8-24-46(51)54(30-10-1)47-33-39(42-22-13-19-38-20-14-31-55-52(38)42)26-28-43(47)44-29-27-40(34-48(44)54)53-56-49(37-16-4-3-5-17-37)35-50(57-53)45-23-12-18-36-15-6-7-21-41(36)45/h1-35H/b2-1-,30-10+,32-11+. The maximum absolute atomic E-state index is 6.43. The number of benzene rings is 7. The molecule has 1 aliphatic heterocycles. The van der Waals surface area contributed by atoms with Crippen molar-refractivity contribution < 1.29 is 4.74 Å². The van der Waals surface area contributed by atoms with E-state index in [1.54, 1.807) is 6.26 Å². The first-order valence-corrected chi connectivity index (χ1v) is 19.6. The molecule has 3 heterocycles. The van der Waals surface area contributed by atoms with Crippen molar-refractivity contribution in [2.24, 2.45) is 0 Å². The van der Waals surface area contributed by atoms with E-state index >= 15 is 0 Å². The number of aromatic nitrogens is 3. The van der Waals surface area contributed by atoms with Crippen molar-refractivity contribution in [3.05, 3.63) is 229 Å². The van der Waals surface area contributed by atoms with Gasteiger partial charge >= 0.3 is 0 Å². The van der Waals surface area contributed by atoms with E-state index in [0.29, 0.717) is 5.82 Å². The third-order valence-corrected chi connectivity index (χ3v) is 11.5. The molecule has 7 aromatic carbocycles. The van der Waals surface area contributed by atoms with Crippen LogP contribution in [0.25, 0.3) is 77.8 Å². The van der Waals surface area contributed by atoms with Gasteiger partial charge in [-0.25, -0.2) is 9.97 Å². The van der Waals surface area contributed by atoms with Gasteiger partial charge in [-0.15, -0.1) is 0 Å². The minimum Gasteiger partial charge on any atom is -0.465 e. The molecule has 1 atom stereocenters. The first kappa shape index (κ1) is 33.6. The largest absolute Gasteiger partial charge is 0.465 e. The molecule has 0 fully saturated rings. The molecule has 272 valence electrons. The van der Waals surface area contributed by atoms with E-state index in [1.165, 1.54) is 16.5 Å². The fraction of sp³-hybridized carbons (Fsp3) is 0.0185. The lowest BCUT2D eigenvalue weighted by Gasteiger charge is -2.32. The van der Waals surface area contributed by atoms with Crippen molar-refractivity contribution in [1.82, 2.24) is 15.0 Å². The van der Waals surface area contributed by atoms with Crippen molar-refractivity contribution in [3.63, 3.8) is 0 Å². The van der Waals surface area contributed by atoms with Gasteiger partial charge in [-0.3, -0.25) is 4.98 Å². The summed E-state index contributed by atoms with van der Waals surface area (Å²) >= 11 is 0. The van der Waals surface area contributed by atoms with Crippen molar-refractivity contribution in [2.75, 3.05) is 0 Å². The van der Waals surface area contributed by atoms with Gasteiger partial charge in [0.25, 0.3) is 0 Å². The minimum atomic E-state index is -0.726. The van der Waals surface area contributed by atoms with E-state index in [0.717, 1.165) is 77.9 Å². The maximum atomic E-state index is 6.43. The van der Waals surface area contributed by atoms with E-state index in [1.807, 2.05) is 36.5 Å². The van der Waals surface area contributed by atoms with Crippen LogP contribution < -0.4 is 4.74 Å². The van der Waals surface area contributed by atoms with Gasteiger partial charge in [0.15, 0.2) is 5.82 Å². The predicted octanol–water partition coefficient (Wildman–Crippen LogP) is 13.2. The molecule has 1 unspecified atom stereocenters. The molecule has 4 heteroatoms. The summed E-state index contributed by atoms with van der Waals surface area (Å²) in [6.45, 7) is 0. The summed E-state index contributed by atoms with van der Waals surface area (Å²) in [6.07, 6.45) is 14.1. The van der Waals surface area contributed by atoms with Gasteiger partial charge < -0.3 is 4.74 Å². The quantitative estimate of drug-likeness (QED) is 0.180. The lowest BCUT2D eigenvalue weighted by Crippen LogP contribution is -2.25. The average molecular weight is 742 g/mol. The first-order valence-electron chi connectivity index (χ1n) is 19.6. The van der Waals surface area contributed by atoms with Gasteiger partial charge in [-0.05, 0) is 75.0 Å². The Hall–Kier alpha value is -7.69. The zero-order valence-electron chi connectivity index (χ0n) is 31.5. The lowest BCUT2D eigenvalue weighted by atomic mass is 9.71. The van der Waals surface area contributed by atoms with E-state index in [9.17, 15) is 0 Å². The summed E-state index contributed by atoms with van der Waals surface area (Å²) in [5.41, 5.74) is 12.9. The van der Waals surface area contributed by atoms with Gasteiger partial charge in [0.1, 0.15) is 5.75 Å². The Morgan fingerprint density at radius 2 is 1.12 bits per heavy atom. The van der Waals surface area contributed by atoms with Crippen LogP contribution in [0.3, 0.4) is 0 Å². The number of nitrogens with zero attached hydrogens (tertiary/aromatic N) is 3. The molecule has 0 radical (unpaired) electrons. The number of allylic oxidation sites excluding steroid dienone is 5. The zero-order chi connectivity index (χ0) is 38.5. The average Bonchev–Trinajstić information content (AvgIpc) is 3.57. The molecule has 4 nitrogen and oxygen atoms in total. The highest BCUT2D eigenvalue weighted by atomic mass is 16.5. The molecule has 0 N–H and O–H groups in total. The molecule has 58 heavy (non-hydrogen) atoms. The number of hydrogen-bond acceptors (Lipinski definition) is 4. The fourth-order valence-electron chi connectivity index (χ4n) is 8.86. The van der Waals surface area contributed by atoms with E-state index in [4.69, 9.17) is 19.7 Å². The zero-order valence-corrected chi connectivity index (χ0v) is 31.5. The predicted molar refractivity (Wildman–Crippen MR) is 236 cm³/mol. The van der Waals surface area contributed by atoms with Gasteiger partial charge in [0.2, 0.25) is 0 Å². The molecule has 0 saturated carbocycles. The van der Waals surface area contributed by atoms with Gasteiger partial charge in [0.05, 0.1) is 28.6 Å². The summed E-state index contributed by atoms with van der Waals surface area (Å²) < 4.78 is 6.43. The van der Waals surface area contributed by atoms with Crippen LogP contribution in [0.15, 0.2) is 213 Å². The third-order valence-electron chi connectivity index (χ3n) is 11.5. The number of pyridine rings is 1. The Labute approximate surface area is 336 Å². The Kier molecular flexibility index (Phi) is 8.00. The van der Waals surface area contributed by atoms with Crippen molar-refractivity contribution in [3.8, 4) is 61.9 Å². The number of para-hydroxylation sites is 2. The first-order chi connectivity index (χ1) is 28.7. The maximum Gasteiger partial charge on any atom is 0.160 e. The van der Waals surface area contributed by atoms with Gasteiger partial charge in [-0.1, -0.05) is 164 Å². The molecule has 1 spiro atoms. The summed E-state index contributed by atoms with van der Waals surface area (Å²) in [4.78, 5) is 15.5. The highest BCUT2D eigenvalue weighted by Gasteiger charge is 2.45. The second-order valence-electron chi connectivity index (χ2n) is 14.8. The second-order valence-corrected chi connectivity index (χ2v) is 14.8. The summed E-state index contributed by atoms with van der Waals surface area (Å²) in [6, 6.07) is 59.9. The molecule has 0 bridgehead atoms. The topological polar surface area (TPSA) is 47.9 Å². The normalized spacial score (nSPS) is 16.9. The number of hydrogen-bond donors (Lipinski definition) is 0. The van der Waals surface area contributed by atoms with Crippen molar-refractivity contribution >= 4 is 21.7 Å². The summed E-state index contributed by atoms with van der Waals surface area (Å²) in [5.74, 6) is 1.46. The number of fused-ring (bicyclic) bond motifs is 9. The molecular weight excluding hydrogens is 707 g/mol. The Balaban J connectivity index is 1.17. The van der Waals surface area contributed by atoms with Crippen LogP contribution in [0.2, 0.25) is 0 Å². The monoisotopic (exact) mass is 741 g/mol. The Bertz CT molecular complexity index is 3150. The van der Waals surface area contributed by atoms with Crippen LogP contribution in [0.1, 0.15) is 16.7 Å². The molecule has 2 aliphatic rings. The van der Waals surface area contributed by atoms with Crippen molar-refractivity contribution in [1.29, 1.82) is 0 Å². The van der Waals surface area contributed by atoms with Gasteiger partial charge in [-0.2, -0.15) is 0 Å². The van der Waals surface area contributed by atoms with Crippen LogP contribution in [0.5, 0.6) is 5.75 Å². The highest BCUT2D eigenvalue weighted by molar-refractivity contribution is 5.98. The van der Waals surface area contributed by atoms with Crippen LogP contribution >= 0.6 is 0 Å². The number of rotatable bonds is 4. The Morgan fingerprint density at radius 3 is 2.02 bits per heavy atom. The molecular formula is C54H35N3O. The van der Waals surface area contributed by atoms with Crippen molar-refractivity contribution in [2.45, 2.75) is 5.41 Å². The third kappa shape index (κ3) is 5.49. The van der Waals surface area contributed by atoms with Crippen LogP contribution in [0.4, 0.5) is 0 Å². The molecule has 1 aliphatic carbocycles. The summed E-state index contributed by atoms with van der Waals surface area (Å²) in [7, 11) is 0. The van der Waals surface area contributed by atoms with E-state index < -0.39 is 5.41 Å². The molecule has 11 rings (SSSR count). The molecule has 0 saturated heterocycles. The summed E-state index contributed by atoms with van der Waals surface area (Å²) in [5, 5.41) is 3.43. The number of ether oxygens (including phenoxy) is 1. The molecule has 9 aromatic rings. The molecule has 2 aromatic heterocycles. The van der Waals surface area contributed by atoms with E-state index in [-0.39, 0.29) is 0 Å². The minimum absolute atomic E-state index is 0.664. The van der Waals surface area contributed by atoms with E-state index in [2.05, 4.69) is 170 Å². The fourth-order valence-corrected chi connectivity index (χ4v) is 8.86. The Morgan fingerprint density at radius 1 is 0.431 bits per heavy atom. The van der Waals surface area contributed by atoms with Crippen LogP contribution in [-0.4, -0.2) is 15.0 Å². The highest BCUT2D eigenvalue weighted by Crippen LogP contribution is 2.57. The molecule has 0 amide bonds. The smallest absolute Gasteiger partial charge is 0.160 e. The van der Waals surface area contributed by atoms with Crippen LogP contribution in [0, 0.1) is 0 Å².